The molecular weight excluding hydrogens is 256 g/mol. The first-order valence-corrected chi connectivity index (χ1v) is 5.85. The summed E-state index contributed by atoms with van der Waals surface area (Å²) in [5.74, 6) is 0.863. The predicted octanol–water partition coefficient (Wildman–Crippen LogP) is 3.34. The molecule has 0 aliphatic carbocycles. The fourth-order valence-electron chi connectivity index (χ4n) is 1.69. The van der Waals surface area contributed by atoms with Crippen LogP contribution in [0.2, 0.25) is 0 Å². The molecule has 1 unspecified atom stereocenters. The van der Waals surface area contributed by atoms with E-state index in [2.05, 4.69) is 15.9 Å². The minimum atomic E-state index is -0.229. The van der Waals surface area contributed by atoms with Crippen LogP contribution >= 0.6 is 15.9 Å². The van der Waals surface area contributed by atoms with Crippen LogP contribution in [0, 0.1) is 13.8 Å². The maximum Gasteiger partial charge on any atom is 0.138 e. The molecule has 1 atom stereocenters. The van der Waals surface area contributed by atoms with Crippen LogP contribution < -0.4 is 4.74 Å². The Hall–Kier alpha value is -0.830. The van der Waals surface area contributed by atoms with Crippen LogP contribution in [0.4, 0.5) is 0 Å². The number of benzene rings is 1. The SMILES string of the molecule is CCOc1cc(C)c(C(Br)C=O)c(C)c1. The number of alkyl halides is 1. The van der Waals surface area contributed by atoms with E-state index in [1.807, 2.05) is 32.9 Å². The molecule has 0 spiro atoms. The first kappa shape index (κ1) is 12.2. The quantitative estimate of drug-likeness (QED) is 0.620. The van der Waals surface area contributed by atoms with Crippen LogP contribution in [0.15, 0.2) is 12.1 Å². The van der Waals surface area contributed by atoms with Crippen molar-refractivity contribution in [1.29, 1.82) is 0 Å². The van der Waals surface area contributed by atoms with Crippen LogP contribution in [-0.4, -0.2) is 12.9 Å². The van der Waals surface area contributed by atoms with Crippen LogP contribution in [-0.2, 0) is 4.79 Å². The molecule has 82 valence electrons. The number of carbonyl (C=O) groups excluding carboxylic acids is 1. The number of halogens is 1. The predicted molar refractivity (Wildman–Crippen MR) is 64.8 cm³/mol. The Morgan fingerprint density at radius 3 is 2.33 bits per heavy atom. The summed E-state index contributed by atoms with van der Waals surface area (Å²) in [5, 5.41) is 0. The topological polar surface area (TPSA) is 26.3 Å². The van der Waals surface area contributed by atoms with Gasteiger partial charge < -0.3 is 9.53 Å². The molecule has 0 heterocycles. The summed E-state index contributed by atoms with van der Waals surface area (Å²) < 4.78 is 5.43. The number of rotatable bonds is 4. The molecule has 1 aromatic carbocycles. The number of carbonyl (C=O) groups is 1. The van der Waals surface area contributed by atoms with E-state index in [0.29, 0.717) is 6.61 Å². The number of hydrogen-bond donors (Lipinski definition) is 0. The minimum absolute atomic E-state index is 0.229. The van der Waals surface area contributed by atoms with Gasteiger partial charge in [-0.2, -0.15) is 0 Å². The summed E-state index contributed by atoms with van der Waals surface area (Å²) >= 11 is 3.34. The molecule has 0 aliphatic heterocycles. The van der Waals surface area contributed by atoms with Gasteiger partial charge in [0.1, 0.15) is 12.0 Å². The molecule has 0 aliphatic rings. The largest absolute Gasteiger partial charge is 0.494 e. The number of aldehydes is 1. The molecule has 0 saturated carbocycles. The first-order valence-electron chi connectivity index (χ1n) is 4.93. The van der Waals surface area contributed by atoms with Gasteiger partial charge in [0.2, 0.25) is 0 Å². The molecule has 0 bridgehead atoms. The van der Waals surface area contributed by atoms with Crippen LogP contribution in [0.25, 0.3) is 0 Å². The lowest BCUT2D eigenvalue weighted by molar-refractivity contribution is -0.107. The van der Waals surface area contributed by atoms with Gasteiger partial charge in [0.25, 0.3) is 0 Å². The van der Waals surface area contributed by atoms with Gasteiger partial charge in [0.05, 0.1) is 11.4 Å². The molecule has 0 N–H and O–H groups in total. The normalized spacial score (nSPS) is 12.3. The van der Waals surface area contributed by atoms with E-state index in [-0.39, 0.29) is 4.83 Å². The summed E-state index contributed by atoms with van der Waals surface area (Å²) in [6, 6.07) is 3.92. The lowest BCUT2D eigenvalue weighted by Gasteiger charge is -2.13. The highest BCUT2D eigenvalue weighted by atomic mass is 79.9. The third-order valence-corrected chi connectivity index (χ3v) is 2.95. The number of hydrogen-bond acceptors (Lipinski definition) is 2. The van der Waals surface area contributed by atoms with Gasteiger partial charge in [-0.25, -0.2) is 0 Å². The third kappa shape index (κ3) is 2.81. The lowest BCUT2D eigenvalue weighted by atomic mass is 10.00. The standard InChI is InChI=1S/C12H15BrO2/c1-4-15-10-5-8(2)12(9(3)6-10)11(13)7-14/h5-7,11H,4H2,1-3H3. The molecule has 1 aromatic rings. The van der Waals surface area contributed by atoms with Crippen molar-refractivity contribution in [2.45, 2.75) is 25.6 Å². The van der Waals surface area contributed by atoms with E-state index in [1.165, 1.54) is 0 Å². The Kier molecular flexibility index (Phi) is 4.33. The van der Waals surface area contributed by atoms with Crippen molar-refractivity contribution >= 4 is 22.2 Å². The average molecular weight is 271 g/mol. The van der Waals surface area contributed by atoms with E-state index in [0.717, 1.165) is 28.7 Å². The van der Waals surface area contributed by atoms with Crippen molar-refractivity contribution in [3.8, 4) is 5.75 Å². The molecule has 0 amide bonds. The van der Waals surface area contributed by atoms with Crippen molar-refractivity contribution in [3.63, 3.8) is 0 Å². The fourth-order valence-corrected chi connectivity index (χ4v) is 2.41. The Morgan fingerprint density at radius 2 is 1.93 bits per heavy atom. The smallest absolute Gasteiger partial charge is 0.138 e. The van der Waals surface area contributed by atoms with Crippen LogP contribution in [0.5, 0.6) is 5.75 Å². The van der Waals surface area contributed by atoms with E-state index < -0.39 is 0 Å². The lowest BCUT2D eigenvalue weighted by Crippen LogP contribution is -2.00. The Bertz CT molecular complexity index is 338. The third-order valence-electron chi connectivity index (χ3n) is 2.27. The Morgan fingerprint density at radius 1 is 1.40 bits per heavy atom. The summed E-state index contributed by atoms with van der Waals surface area (Å²) in [4.78, 5) is 10.5. The Balaban J connectivity index is 3.14. The Labute approximate surface area is 98.8 Å². The highest BCUT2D eigenvalue weighted by Gasteiger charge is 2.13. The summed E-state index contributed by atoms with van der Waals surface area (Å²) in [6.07, 6.45) is 0.898. The van der Waals surface area contributed by atoms with Gasteiger partial charge in [0, 0.05) is 0 Å². The average Bonchev–Trinajstić information content (AvgIpc) is 2.16. The van der Waals surface area contributed by atoms with Gasteiger partial charge in [-0.1, -0.05) is 15.9 Å². The van der Waals surface area contributed by atoms with E-state index in [1.54, 1.807) is 0 Å². The zero-order valence-corrected chi connectivity index (χ0v) is 10.8. The van der Waals surface area contributed by atoms with Crippen molar-refractivity contribution in [1.82, 2.24) is 0 Å². The minimum Gasteiger partial charge on any atom is -0.494 e. The molecule has 15 heavy (non-hydrogen) atoms. The van der Waals surface area contributed by atoms with Crippen molar-refractivity contribution < 1.29 is 9.53 Å². The highest BCUT2D eigenvalue weighted by Crippen LogP contribution is 2.30. The zero-order valence-electron chi connectivity index (χ0n) is 9.21. The second kappa shape index (κ2) is 5.31. The number of ether oxygens (including phenoxy) is 1. The van der Waals surface area contributed by atoms with E-state index in [9.17, 15) is 4.79 Å². The van der Waals surface area contributed by atoms with Gasteiger partial charge in [-0.05, 0) is 49.6 Å². The van der Waals surface area contributed by atoms with Crippen LogP contribution in [0.1, 0.15) is 28.4 Å². The van der Waals surface area contributed by atoms with Gasteiger partial charge in [0.15, 0.2) is 0 Å². The summed E-state index contributed by atoms with van der Waals surface area (Å²) in [7, 11) is 0. The van der Waals surface area contributed by atoms with Crippen LogP contribution in [0.3, 0.4) is 0 Å². The van der Waals surface area contributed by atoms with Gasteiger partial charge in [-0.15, -0.1) is 0 Å². The van der Waals surface area contributed by atoms with Crippen molar-refractivity contribution in [2.24, 2.45) is 0 Å². The molecule has 0 radical (unpaired) electrons. The molecular formula is C12H15BrO2. The second-order valence-corrected chi connectivity index (χ2v) is 4.43. The molecule has 3 heteroatoms. The van der Waals surface area contributed by atoms with Crippen molar-refractivity contribution in [2.75, 3.05) is 6.61 Å². The van der Waals surface area contributed by atoms with Crippen molar-refractivity contribution in [3.05, 3.63) is 28.8 Å². The van der Waals surface area contributed by atoms with Gasteiger partial charge >= 0.3 is 0 Å². The molecule has 1 rings (SSSR count). The number of aryl methyl sites for hydroxylation is 2. The first-order chi connectivity index (χ1) is 7.10. The molecule has 0 fully saturated rings. The molecule has 2 nitrogen and oxygen atoms in total. The fraction of sp³-hybridized carbons (Fsp3) is 0.417. The molecule has 0 aromatic heterocycles. The zero-order chi connectivity index (χ0) is 11.4. The van der Waals surface area contributed by atoms with E-state index >= 15 is 0 Å². The maximum absolute atomic E-state index is 10.7. The monoisotopic (exact) mass is 270 g/mol. The summed E-state index contributed by atoms with van der Waals surface area (Å²) in [6.45, 7) is 6.59. The second-order valence-electron chi connectivity index (χ2n) is 3.44. The summed E-state index contributed by atoms with van der Waals surface area (Å²) in [5.41, 5.74) is 3.19. The maximum atomic E-state index is 10.7. The highest BCUT2D eigenvalue weighted by molar-refractivity contribution is 9.09. The van der Waals surface area contributed by atoms with Gasteiger partial charge in [-0.3, -0.25) is 0 Å². The molecule has 0 saturated heterocycles. The van der Waals surface area contributed by atoms with E-state index in [4.69, 9.17) is 4.74 Å².